The van der Waals surface area contributed by atoms with E-state index < -0.39 is 71.0 Å². The van der Waals surface area contributed by atoms with E-state index in [2.05, 4.69) is 20.1 Å². The Balaban J connectivity index is 1.41. The van der Waals surface area contributed by atoms with E-state index >= 15 is 0 Å². The predicted molar refractivity (Wildman–Crippen MR) is 177 cm³/mol. The van der Waals surface area contributed by atoms with Gasteiger partial charge in [-0.05, 0) is 35.3 Å². The van der Waals surface area contributed by atoms with Gasteiger partial charge >= 0.3 is 20.2 Å². The van der Waals surface area contributed by atoms with Gasteiger partial charge in [0.15, 0.2) is 23.1 Å². The molecular weight excluding hydrogens is 689 g/mol. The third-order valence-corrected chi connectivity index (χ3v) is 10.2. The van der Waals surface area contributed by atoms with Crippen LogP contribution in [-0.2, 0) is 20.2 Å². The van der Waals surface area contributed by atoms with Crippen molar-refractivity contribution in [1.29, 1.82) is 0 Å². The van der Waals surface area contributed by atoms with E-state index in [1.54, 1.807) is 18.2 Å². The number of fused-ring (bicyclic) bond motifs is 2. The summed E-state index contributed by atoms with van der Waals surface area (Å²) in [5.41, 5.74) is 17.3. The van der Waals surface area contributed by atoms with E-state index in [0.29, 0.717) is 0 Å². The maximum absolute atomic E-state index is 13.8. The van der Waals surface area contributed by atoms with E-state index in [1.807, 2.05) is 0 Å². The van der Waals surface area contributed by atoms with E-state index in [4.69, 9.17) is 19.4 Å². The van der Waals surface area contributed by atoms with Gasteiger partial charge in [-0.3, -0.25) is 14.4 Å². The quantitative estimate of drug-likeness (QED) is 0.0596. The minimum Gasteiger partial charge on any atom is -0.379 e. The molecule has 2 aliphatic rings. The molecule has 6 rings (SSSR count). The minimum absolute atomic E-state index is 0.0176. The van der Waals surface area contributed by atoms with E-state index in [-0.39, 0.29) is 33.4 Å². The smallest absolute Gasteiger partial charge is 0.339 e. The average molecular weight is 709 g/mol. The number of Topliss-reactive ketones (excluding diaryl/α,β-unsaturated/α-hetero) is 2. The second kappa shape index (κ2) is 13.2. The summed E-state index contributed by atoms with van der Waals surface area (Å²) in [7, 11) is -9.54. The molecule has 0 radical (unpaired) electrons. The van der Waals surface area contributed by atoms with E-state index in [0.717, 1.165) is 18.2 Å². The lowest BCUT2D eigenvalue weighted by Crippen LogP contribution is -2.23. The molecule has 17 heteroatoms. The van der Waals surface area contributed by atoms with Crippen LogP contribution in [0.3, 0.4) is 0 Å². The van der Waals surface area contributed by atoms with Crippen LogP contribution in [-0.4, -0.2) is 46.3 Å². The van der Waals surface area contributed by atoms with Crippen LogP contribution in [0.5, 0.6) is 11.5 Å². The third kappa shape index (κ3) is 6.23. The maximum Gasteiger partial charge on any atom is 0.339 e. The molecule has 2 atom stereocenters. The minimum atomic E-state index is -4.83. The first-order valence-electron chi connectivity index (χ1n) is 14.4. The summed E-state index contributed by atoms with van der Waals surface area (Å²) in [6, 6.07) is 16.3. The summed E-state index contributed by atoms with van der Waals surface area (Å²) < 4.78 is 65.6. The molecule has 248 valence electrons. The van der Waals surface area contributed by atoms with Gasteiger partial charge in [0.05, 0.1) is 5.56 Å². The number of ketones is 3. The van der Waals surface area contributed by atoms with Crippen molar-refractivity contribution >= 4 is 49.7 Å². The second-order valence-electron chi connectivity index (χ2n) is 10.6. The van der Waals surface area contributed by atoms with Crippen molar-refractivity contribution in [2.45, 2.75) is 21.9 Å². The molecule has 0 aliphatic heterocycles. The molecule has 0 bridgehead atoms. The molecule has 0 N–H and O–H groups in total. The van der Waals surface area contributed by atoms with Gasteiger partial charge in [0.25, 0.3) is 0 Å². The van der Waals surface area contributed by atoms with Crippen LogP contribution in [0.4, 0.5) is 0 Å². The summed E-state index contributed by atoms with van der Waals surface area (Å²) in [5, 5.41) is 6.81. The van der Waals surface area contributed by atoms with Crippen molar-refractivity contribution in [2.75, 3.05) is 0 Å². The topological polar surface area (TPSA) is 235 Å². The summed E-state index contributed by atoms with van der Waals surface area (Å²) in [6.07, 6.45) is 5.08. The van der Waals surface area contributed by atoms with Crippen LogP contribution in [0.15, 0.2) is 117 Å². The summed E-state index contributed by atoms with van der Waals surface area (Å²) in [4.78, 5) is 43.6. The molecule has 2 aliphatic carbocycles. The van der Waals surface area contributed by atoms with Gasteiger partial charge in [-0.15, -0.1) is 0 Å². The highest BCUT2D eigenvalue weighted by Crippen LogP contribution is 2.35. The number of carbonyl (C=O) groups excluding carboxylic acids is 3. The van der Waals surface area contributed by atoms with Gasteiger partial charge in [0.2, 0.25) is 0 Å². The maximum atomic E-state index is 13.8. The van der Waals surface area contributed by atoms with Gasteiger partial charge in [-0.1, -0.05) is 89.1 Å². The van der Waals surface area contributed by atoms with Crippen LogP contribution in [0.1, 0.15) is 47.8 Å². The zero-order valence-corrected chi connectivity index (χ0v) is 26.9. The number of carbonyl (C=O) groups is 3. The van der Waals surface area contributed by atoms with Crippen LogP contribution >= 0.6 is 0 Å². The Labute approximate surface area is 283 Å². The number of azide groups is 2. The summed E-state index contributed by atoms with van der Waals surface area (Å²) in [6.45, 7) is 0. The zero-order chi connectivity index (χ0) is 35.6. The Morgan fingerprint density at radius 2 is 1.18 bits per heavy atom. The van der Waals surface area contributed by atoms with Gasteiger partial charge in [-0.25, -0.2) is 0 Å². The molecule has 0 saturated carbocycles. The van der Waals surface area contributed by atoms with Crippen molar-refractivity contribution in [2.24, 2.45) is 10.2 Å². The Morgan fingerprint density at radius 3 is 1.70 bits per heavy atom. The number of hydrogen-bond donors (Lipinski definition) is 0. The first-order valence-corrected chi connectivity index (χ1v) is 17.2. The fourth-order valence-electron chi connectivity index (χ4n) is 5.35. The SMILES string of the molecule is [N-]=[N+]=NC1C=Cc2c(cccc2S(=O)(=O)Oc2ccc(C(=O)c3ccccc3)c(OS(=O)(=O)c3cccc4c3C=CC(N=[N+]=[N-])C4=O)c2)C1=O. The molecule has 50 heavy (non-hydrogen) atoms. The van der Waals surface area contributed by atoms with Crippen molar-refractivity contribution in [3.8, 4) is 11.5 Å². The fraction of sp³-hybridized carbons (Fsp3) is 0.0606. The average Bonchev–Trinajstić information content (AvgIpc) is 3.10. The highest BCUT2D eigenvalue weighted by Gasteiger charge is 2.32. The van der Waals surface area contributed by atoms with Crippen LogP contribution < -0.4 is 8.37 Å². The molecule has 0 amide bonds. The molecule has 0 aromatic heterocycles. The molecule has 4 aromatic rings. The molecule has 0 fully saturated rings. The summed E-state index contributed by atoms with van der Waals surface area (Å²) >= 11 is 0. The highest BCUT2D eigenvalue weighted by atomic mass is 32.2. The lowest BCUT2D eigenvalue weighted by atomic mass is 9.93. The van der Waals surface area contributed by atoms with Gasteiger partial charge in [-0.2, -0.15) is 16.8 Å². The second-order valence-corrected chi connectivity index (χ2v) is 13.6. The normalized spacial score (nSPS) is 16.3. The molecule has 0 saturated heterocycles. The lowest BCUT2D eigenvalue weighted by Gasteiger charge is -2.19. The molecule has 0 spiro atoms. The molecule has 15 nitrogen and oxygen atoms in total. The Kier molecular flexibility index (Phi) is 8.80. The van der Waals surface area contributed by atoms with Crippen LogP contribution in [0.2, 0.25) is 0 Å². The van der Waals surface area contributed by atoms with Crippen molar-refractivity contribution in [3.63, 3.8) is 0 Å². The van der Waals surface area contributed by atoms with Crippen molar-refractivity contribution in [1.82, 2.24) is 0 Å². The molecule has 4 aromatic carbocycles. The monoisotopic (exact) mass is 708 g/mol. The Bertz CT molecular complexity index is 2500. The van der Waals surface area contributed by atoms with Crippen molar-refractivity contribution < 1.29 is 39.6 Å². The number of hydrogen-bond acceptors (Lipinski definition) is 11. The highest BCUT2D eigenvalue weighted by molar-refractivity contribution is 7.87. The molecule has 2 unspecified atom stereocenters. The van der Waals surface area contributed by atoms with Gasteiger partial charge in [0.1, 0.15) is 27.6 Å². The van der Waals surface area contributed by atoms with E-state index in [9.17, 15) is 31.2 Å². The van der Waals surface area contributed by atoms with Crippen LogP contribution in [0, 0.1) is 0 Å². The predicted octanol–water partition coefficient (Wildman–Crippen LogP) is 6.23. The number of benzene rings is 4. The van der Waals surface area contributed by atoms with Crippen LogP contribution in [0.25, 0.3) is 33.0 Å². The standard InChI is InChI=1S/C33H20N6O9S2/c34-38-36-26-16-14-21-23(32(26)41)8-4-10-29(21)49(43,44)47-20-12-13-25(31(40)19-6-2-1-3-7-19)28(18-20)48-50(45,46)30-11-5-9-24-22(30)15-17-27(33(24)42)37-39-35/h1-18,26-27H. The molecule has 0 heterocycles. The van der Waals surface area contributed by atoms with Gasteiger partial charge < -0.3 is 8.37 Å². The first kappa shape index (κ1) is 33.4. The Morgan fingerprint density at radius 1 is 0.660 bits per heavy atom. The molecular formula is C33H20N6O9S2. The Hall–Kier alpha value is -6.51. The third-order valence-electron chi connectivity index (χ3n) is 7.62. The number of rotatable bonds is 10. The largest absolute Gasteiger partial charge is 0.379 e. The van der Waals surface area contributed by atoms with Crippen molar-refractivity contribution in [3.05, 3.63) is 151 Å². The number of nitrogens with zero attached hydrogens (tertiary/aromatic N) is 6. The fourth-order valence-corrected chi connectivity index (χ4v) is 7.65. The van der Waals surface area contributed by atoms with Gasteiger partial charge in [0, 0.05) is 43.7 Å². The summed E-state index contributed by atoms with van der Waals surface area (Å²) in [5.74, 6) is -2.98. The lowest BCUT2D eigenvalue weighted by molar-refractivity contribution is 0.0969. The van der Waals surface area contributed by atoms with E-state index in [1.165, 1.54) is 72.8 Å². The zero-order valence-electron chi connectivity index (χ0n) is 25.2. The first-order chi connectivity index (χ1) is 23.9.